The molecule has 0 aliphatic heterocycles. The number of para-hydroxylation sites is 1. The van der Waals surface area contributed by atoms with Crippen molar-refractivity contribution in [3.63, 3.8) is 0 Å². The first-order chi connectivity index (χ1) is 10.9. The highest BCUT2D eigenvalue weighted by atomic mass is 16.5. The summed E-state index contributed by atoms with van der Waals surface area (Å²) in [4.78, 5) is 4.62. The van der Waals surface area contributed by atoms with Crippen molar-refractivity contribution in [3.8, 4) is 17.0 Å². The van der Waals surface area contributed by atoms with E-state index in [1.54, 1.807) is 0 Å². The minimum absolute atomic E-state index is 0.598. The zero-order valence-electron chi connectivity index (χ0n) is 12.3. The molecule has 0 bridgehead atoms. The van der Waals surface area contributed by atoms with Crippen LogP contribution in [0, 0.1) is 0 Å². The molecule has 1 heterocycles. The van der Waals surface area contributed by atoms with Crippen LogP contribution in [0.5, 0.6) is 5.75 Å². The minimum Gasteiger partial charge on any atom is -0.492 e. The Labute approximate surface area is 130 Å². The van der Waals surface area contributed by atoms with Crippen LogP contribution in [0.4, 0.5) is 5.82 Å². The zero-order chi connectivity index (χ0) is 15.0. The molecule has 0 saturated carbocycles. The van der Waals surface area contributed by atoms with Gasteiger partial charge in [0.15, 0.2) is 0 Å². The largest absolute Gasteiger partial charge is 0.492 e. The average Bonchev–Trinajstić information content (AvgIpc) is 2.61. The Balaban J connectivity index is 1.55. The monoisotopic (exact) mass is 290 g/mol. The van der Waals surface area contributed by atoms with Crippen LogP contribution < -0.4 is 10.1 Å². The predicted octanol–water partition coefficient (Wildman–Crippen LogP) is 4.24. The van der Waals surface area contributed by atoms with E-state index in [1.807, 2.05) is 66.7 Å². The van der Waals surface area contributed by atoms with E-state index in [-0.39, 0.29) is 0 Å². The van der Waals surface area contributed by atoms with Crippen LogP contribution in [-0.4, -0.2) is 18.1 Å². The van der Waals surface area contributed by atoms with Gasteiger partial charge < -0.3 is 10.1 Å². The molecule has 0 radical (unpaired) electrons. The second-order valence-corrected chi connectivity index (χ2v) is 4.86. The summed E-state index contributed by atoms with van der Waals surface area (Å²) in [5, 5.41) is 3.29. The van der Waals surface area contributed by atoms with E-state index in [0.29, 0.717) is 13.2 Å². The lowest BCUT2D eigenvalue weighted by Crippen LogP contribution is -2.12. The molecule has 22 heavy (non-hydrogen) atoms. The molecule has 0 atom stereocenters. The van der Waals surface area contributed by atoms with Gasteiger partial charge in [-0.1, -0.05) is 54.6 Å². The standard InChI is InChI=1S/C19H18N2O/c1-3-8-16(9-4-1)18-12-7-13-19(21-18)20-14-15-22-17-10-5-2-6-11-17/h1-13H,14-15H2,(H,20,21). The van der Waals surface area contributed by atoms with Crippen molar-refractivity contribution in [2.45, 2.75) is 0 Å². The molecule has 3 aromatic rings. The van der Waals surface area contributed by atoms with E-state index in [1.165, 1.54) is 0 Å². The first-order valence-electron chi connectivity index (χ1n) is 7.36. The molecule has 1 aromatic heterocycles. The van der Waals surface area contributed by atoms with Gasteiger partial charge in [-0.2, -0.15) is 0 Å². The van der Waals surface area contributed by atoms with Crippen molar-refractivity contribution in [2.75, 3.05) is 18.5 Å². The molecule has 3 nitrogen and oxygen atoms in total. The number of anilines is 1. The third-order valence-corrected chi connectivity index (χ3v) is 3.24. The molecule has 1 N–H and O–H groups in total. The minimum atomic E-state index is 0.598. The summed E-state index contributed by atoms with van der Waals surface area (Å²) < 4.78 is 5.65. The second kappa shape index (κ2) is 7.27. The molecular formula is C19H18N2O. The fraction of sp³-hybridized carbons (Fsp3) is 0.105. The Morgan fingerprint density at radius 1 is 0.773 bits per heavy atom. The maximum atomic E-state index is 5.65. The fourth-order valence-electron chi connectivity index (χ4n) is 2.17. The van der Waals surface area contributed by atoms with Gasteiger partial charge in [-0.3, -0.25) is 0 Å². The van der Waals surface area contributed by atoms with Gasteiger partial charge in [-0.15, -0.1) is 0 Å². The maximum absolute atomic E-state index is 5.65. The van der Waals surface area contributed by atoms with Gasteiger partial charge in [0.05, 0.1) is 12.2 Å². The number of nitrogens with one attached hydrogen (secondary N) is 1. The second-order valence-electron chi connectivity index (χ2n) is 4.86. The Bertz CT molecular complexity index is 699. The summed E-state index contributed by atoms with van der Waals surface area (Å²) in [6.07, 6.45) is 0. The molecule has 110 valence electrons. The summed E-state index contributed by atoms with van der Waals surface area (Å²) in [5.74, 6) is 1.74. The highest BCUT2D eigenvalue weighted by molar-refractivity contribution is 5.60. The van der Waals surface area contributed by atoms with Crippen molar-refractivity contribution < 1.29 is 4.74 Å². The number of rotatable bonds is 6. The number of pyridine rings is 1. The lowest BCUT2D eigenvalue weighted by Gasteiger charge is -2.09. The highest BCUT2D eigenvalue weighted by Crippen LogP contribution is 2.18. The van der Waals surface area contributed by atoms with Crippen molar-refractivity contribution in [2.24, 2.45) is 0 Å². The first kappa shape index (κ1) is 14.1. The SMILES string of the molecule is c1ccc(OCCNc2cccc(-c3ccccc3)n2)cc1. The predicted molar refractivity (Wildman–Crippen MR) is 90.1 cm³/mol. The van der Waals surface area contributed by atoms with Crippen LogP contribution in [0.3, 0.4) is 0 Å². The summed E-state index contributed by atoms with van der Waals surface area (Å²) in [6, 6.07) is 26.0. The van der Waals surface area contributed by atoms with Crippen LogP contribution >= 0.6 is 0 Å². The average molecular weight is 290 g/mol. The van der Waals surface area contributed by atoms with Gasteiger partial charge in [0.1, 0.15) is 18.2 Å². The number of ether oxygens (including phenoxy) is 1. The summed E-state index contributed by atoms with van der Waals surface area (Å²) >= 11 is 0. The molecule has 0 saturated heterocycles. The van der Waals surface area contributed by atoms with Gasteiger partial charge in [0.25, 0.3) is 0 Å². The van der Waals surface area contributed by atoms with Gasteiger partial charge in [0, 0.05) is 5.56 Å². The molecule has 0 amide bonds. The molecule has 0 spiro atoms. The van der Waals surface area contributed by atoms with Gasteiger partial charge in [-0.25, -0.2) is 4.98 Å². The van der Waals surface area contributed by atoms with E-state index in [4.69, 9.17) is 4.74 Å². The number of aromatic nitrogens is 1. The Morgan fingerprint density at radius 2 is 1.50 bits per heavy atom. The van der Waals surface area contributed by atoms with Crippen LogP contribution in [0.15, 0.2) is 78.9 Å². The third-order valence-electron chi connectivity index (χ3n) is 3.24. The Kier molecular flexibility index (Phi) is 4.67. The molecule has 3 rings (SSSR count). The van der Waals surface area contributed by atoms with Gasteiger partial charge in [0.2, 0.25) is 0 Å². The van der Waals surface area contributed by atoms with Gasteiger partial charge >= 0.3 is 0 Å². The zero-order valence-corrected chi connectivity index (χ0v) is 12.3. The quantitative estimate of drug-likeness (QED) is 0.689. The highest BCUT2D eigenvalue weighted by Gasteiger charge is 2.00. The maximum Gasteiger partial charge on any atom is 0.126 e. The molecule has 0 aliphatic rings. The number of nitrogens with zero attached hydrogens (tertiary/aromatic N) is 1. The van der Waals surface area contributed by atoms with Crippen molar-refractivity contribution in [1.29, 1.82) is 0 Å². The number of benzene rings is 2. The smallest absolute Gasteiger partial charge is 0.126 e. The number of hydrogen-bond acceptors (Lipinski definition) is 3. The van der Waals surface area contributed by atoms with E-state index >= 15 is 0 Å². The summed E-state index contributed by atoms with van der Waals surface area (Å²) in [6.45, 7) is 1.31. The van der Waals surface area contributed by atoms with Crippen molar-refractivity contribution in [1.82, 2.24) is 4.98 Å². The Morgan fingerprint density at radius 3 is 2.27 bits per heavy atom. The molecule has 2 aromatic carbocycles. The Hall–Kier alpha value is -2.81. The van der Waals surface area contributed by atoms with Crippen LogP contribution in [0.2, 0.25) is 0 Å². The van der Waals surface area contributed by atoms with Crippen LogP contribution in [-0.2, 0) is 0 Å². The first-order valence-corrected chi connectivity index (χ1v) is 7.36. The van der Waals surface area contributed by atoms with Gasteiger partial charge in [-0.05, 0) is 24.3 Å². The third kappa shape index (κ3) is 3.85. The molecule has 3 heteroatoms. The van der Waals surface area contributed by atoms with Crippen LogP contribution in [0.25, 0.3) is 11.3 Å². The molecule has 0 aliphatic carbocycles. The molecule has 0 fully saturated rings. The lowest BCUT2D eigenvalue weighted by molar-refractivity contribution is 0.333. The number of hydrogen-bond donors (Lipinski definition) is 1. The van der Waals surface area contributed by atoms with E-state index < -0.39 is 0 Å². The van der Waals surface area contributed by atoms with Crippen molar-refractivity contribution >= 4 is 5.82 Å². The molecule has 0 unspecified atom stereocenters. The van der Waals surface area contributed by atoms with E-state index in [2.05, 4.69) is 22.4 Å². The molecular weight excluding hydrogens is 272 g/mol. The van der Waals surface area contributed by atoms with E-state index in [0.717, 1.165) is 22.8 Å². The summed E-state index contributed by atoms with van der Waals surface area (Å²) in [5.41, 5.74) is 2.08. The summed E-state index contributed by atoms with van der Waals surface area (Å²) in [7, 11) is 0. The lowest BCUT2D eigenvalue weighted by atomic mass is 10.1. The van der Waals surface area contributed by atoms with Crippen molar-refractivity contribution in [3.05, 3.63) is 78.9 Å². The normalized spacial score (nSPS) is 10.2. The topological polar surface area (TPSA) is 34.1 Å². The van der Waals surface area contributed by atoms with Crippen LogP contribution in [0.1, 0.15) is 0 Å². The van der Waals surface area contributed by atoms with E-state index in [9.17, 15) is 0 Å². The fourth-order valence-corrected chi connectivity index (χ4v) is 2.17.